The van der Waals surface area contributed by atoms with E-state index in [0.717, 1.165) is 0 Å². The van der Waals surface area contributed by atoms with Gasteiger partial charge >= 0.3 is 0 Å². The molecule has 0 heterocycles. The van der Waals surface area contributed by atoms with Gasteiger partial charge in [-0.2, -0.15) is 0 Å². The number of hydrogen-bond donors (Lipinski definition) is 3. The van der Waals surface area contributed by atoms with Crippen LogP contribution in [0.15, 0.2) is 0 Å². The monoisotopic (exact) mass is 215 g/mol. The second kappa shape index (κ2) is 3.91. The molecule has 14 heavy (non-hydrogen) atoms. The summed E-state index contributed by atoms with van der Waals surface area (Å²) in [5.41, 5.74) is 9.72. The van der Waals surface area contributed by atoms with Gasteiger partial charge in [0.1, 0.15) is 0 Å². The molecule has 1 saturated carbocycles. The van der Waals surface area contributed by atoms with Crippen LogP contribution >= 0.6 is 12.2 Å². The second-order valence-electron chi connectivity index (χ2n) is 3.42. The third kappa shape index (κ3) is 2.20. The number of nitrogens with one attached hydrogen (secondary N) is 1. The van der Waals surface area contributed by atoms with Gasteiger partial charge in [-0.25, -0.2) is 0 Å². The summed E-state index contributed by atoms with van der Waals surface area (Å²) in [5, 5.41) is 2.59. The molecule has 0 aromatic rings. The Morgan fingerprint density at radius 1 is 1.36 bits per heavy atom. The van der Waals surface area contributed by atoms with Gasteiger partial charge in [0, 0.05) is 13.0 Å². The standard InChI is InChI=1S/C8H13N3O2S/c9-5(12)1-4-11-7(13)8(2-3-8)6(10)14/h1-4H2,(H2,9,12)(H2,10,14)(H,11,13). The number of thiocarbonyl (C=S) groups is 1. The molecule has 0 bridgehead atoms. The smallest absolute Gasteiger partial charge is 0.233 e. The van der Waals surface area contributed by atoms with Gasteiger partial charge in [0.2, 0.25) is 11.8 Å². The molecular weight excluding hydrogens is 202 g/mol. The number of nitrogens with two attached hydrogens (primary N) is 2. The summed E-state index contributed by atoms with van der Waals surface area (Å²) in [6.45, 7) is 0.249. The van der Waals surface area contributed by atoms with Gasteiger partial charge < -0.3 is 16.8 Å². The molecule has 6 heteroatoms. The Balaban J connectivity index is 2.36. The average Bonchev–Trinajstić information content (AvgIpc) is 2.82. The van der Waals surface area contributed by atoms with Crippen LogP contribution in [0.4, 0.5) is 0 Å². The zero-order valence-corrected chi connectivity index (χ0v) is 8.52. The fraction of sp³-hybridized carbons (Fsp3) is 0.625. The molecule has 0 aliphatic heterocycles. The lowest BCUT2D eigenvalue weighted by molar-refractivity contribution is -0.124. The van der Waals surface area contributed by atoms with Gasteiger partial charge in [-0.05, 0) is 12.8 Å². The molecule has 5 nitrogen and oxygen atoms in total. The van der Waals surface area contributed by atoms with E-state index in [1.165, 1.54) is 0 Å². The normalized spacial score (nSPS) is 17.1. The zero-order chi connectivity index (χ0) is 10.8. The molecule has 78 valence electrons. The van der Waals surface area contributed by atoms with Crippen molar-refractivity contribution in [2.45, 2.75) is 19.3 Å². The molecule has 1 fully saturated rings. The van der Waals surface area contributed by atoms with Crippen LogP contribution in [0.25, 0.3) is 0 Å². The first-order chi connectivity index (χ1) is 6.49. The van der Waals surface area contributed by atoms with Crippen molar-refractivity contribution < 1.29 is 9.59 Å². The zero-order valence-electron chi connectivity index (χ0n) is 7.71. The maximum Gasteiger partial charge on any atom is 0.233 e. The largest absolute Gasteiger partial charge is 0.392 e. The van der Waals surface area contributed by atoms with Crippen molar-refractivity contribution in [3.8, 4) is 0 Å². The van der Waals surface area contributed by atoms with Gasteiger partial charge in [0.05, 0.1) is 10.4 Å². The summed E-state index contributed by atoms with van der Waals surface area (Å²) in [6.07, 6.45) is 1.54. The third-order valence-corrected chi connectivity index (χ3v) is 2.70. The minimum absolute atomic E-state index is 0.138. The van der Waals surface area contributed by atoms with Crippen molar-refractivity contribution in [3.05, 3.63) is 0 Å². The SMILES string of the molecule is NC(=O)CCNC(=O)C1(C(N)=S)CC1. The van der Waals surface area contributed by atoms with E-state index in [0.29, 0.717) is 12.8 Å². The summed E-state index contributed by atoms with van der Waals surface area (Å²) in [5.74, 6) is -0.628. The Morgan fingerprint density at radius 3 is 2.29 bits per heavy atom. The molecule has 1 aliphatic carbocycles. The van der Waals surface area contributed by atoms with Gasteiger partial charge in [-0.3, -0.25) is 9.59 Å². The quantitative estimate of drug-likeness (QED) is 0.515. The molecule has 2 amide bonds. The number of amides is 2. The summed E-state index contributed by atoms with van der Waals surface area (Å²) >= 11 is 4.80. The number of primary amides is 1. The van der Waals surface area contributed by atoms with E-state index in [4.69, 9.17) is 23.7 Å². The van der Waals surface area contributed by atoms with Gasteiger partial charge in [0.25, 0.3) is 0 Å². The Kier molecular flexibility index (Phi) is 3.05. The minimum Gasteiger partial charge on any atom is -0.392 e. The predicted molar refractivity (Wildman–Crippen MR) is 55.3 cm³/mol. The lowest BCUT2D eigenvalue weighted by Crippen LogP contribution is -2.40. The van der Waals surface area contributed by atoms with Crippen LogP contribution in [0.5, 0.6) is 0 Å². The number of rotatable bonds is 5. The second-order valence-corrected chi connectivity index (χ2v) is 3.86. The maximum absolute atomic E-state index is 11.5. The van der Waals surface area contributed by atoms with E-state index >= 15 is 0 Å². The van der Waals surface area contributed by atoms with Crippen LogP contribution in [0.2, 0.25) is 0 Å². The molecule has 0 saturated heterocycles. The summed E-state index contributed by atoms with van der Waals surface area (Å²) < 4.78 is 0. The molecule has 0 atom stereocenters. The molecule has 1 rings (SSSR count). The third-order valence-electron chi connectivity index (χ3n) is 2.31. The van der Waals surface area contributed by atoms with E-state index in [1.807, 2.05) is 0 Å². The Morgan fingerprint density at radius 2 is 1.93 bits per heavy atom. The molecule has 0 radical (unpaired) electrons. The van der Waals surface area contributed by atoms with Crippen molar-refractivity contribution in [1.82, 2.24) is 5.32 Å². The fourth-order valence-corrected chi connectivity index (χ4v) is 1.48. The summed E-state index contributed by atoms with van der Waals surface area (Å²) in [4.78, 5) is 22.2. The maximum atomic E-state index is 11.5. The first kappa shape index (κ1) is 10.9. The number of hydrogen-bond acceptors (Lipinski definition) is 3. The molecule has 1 aliphatic rings. The minimum atomic E-state index is -0.646. The van der Waals surface area contributed by atoms with E-state index in [1.54, 1.807) is 0 Å². The summed E-state index contributed by atoms with van der Waals surface area (Å²) in [7, 11) is 0. The van der Waals surface area contributed by atoms with Crippen LogP contribution in [0.3, 0.4) is 0 Å². The molecule has 0 unspecified atom stereocenters. The highest BCUT2D eigenvalue weighted by atomic mass is 32.1. The van der Waals surface area contributed by atoms with Crippen LogP contribution in [-0.2, 0) is 9.59 Å². The van der Waals surface area contributed by atoms with Crippen molar-refractivity contribution in [2.24, 2.45) is 16.9 Å². The molecule has 5 N–H and O–H groups in total. The van der Waals surface area contributed by atoms with E-state index in [2.05, 4.69) is 5.32 Å². The Labute approximate surface area is 87.2 Å². The van der Waals surface area contributed by atoms with E-state index in [9.17, 15) is 9.59 Å². The topological polar surface area (TPSA) is 98.2 Å². The highest BCUT2D eigenvalue weighted by Gasteiger charge is 2.52. The summed E-state index contributed by atoms with van der Waals surface area (Å²) in [6, 6.07) is 0. The molecular formula is C8H13N3O2S. The highest BCUT2D eigenvalue weighted by molar-refractivity contribution is 7.80. The Hall–Kier alpha value is -1.17. The average molecular weight is 215 g/mol. The lowest BCUT2D eigenvalue weighted by Gasteiger charge is -2.12. The predicted octanol–water partition coefficient (Wildman–Crippen LogP) is -0.956. The first-order valence-corrected chi connectivity index (χ1v) is 4.76. The van der Waals surface area contributed by atoms with Crippen molar-refractivity contribution in [3.63, 3.8) is 0 Å². The molecule has 0 aromatic heterocycles. The molecule has 0 spiro atoms. The first-order valence-electron chi connectivity index (χ1n) is 4.35. The van der Waals surface area contributed by atoms with Crippen molar-refractivity contribution >= 4 is 29.0 Å². The van der Waals surface area contributed by atoms with Gasteiger partial charge in [-0.1, -0.05) is 12.2 Å². The van der Waals surface area contributed by atoms with Crippen LogP contribution in [0.1, 0.15) is 19.3 Å². The molecule has 0 aromatic carbocycles. The Bertz CT molecular complexity index is 286. The number of carbonyl (C=O) groups is 2. The fourth-order valence-electron chi connectivity index (χ4n) is 1.18. The van der Waals surface area contributed by atoms with Crippen LogP contribution in [-0.4, -0.2) is 23.3 Å². The van der Waals surface area contributed by atoms with E-state index < -0.39 is 11.3 Å². The highest BCUT2D eigenvalue weighted by Crippen LogP contribution is 2.46. The van der Waals surface area contributed by atoms with Crippen molar-refractivity contribution in [2.75, 3.05) is 6.54 Å². The number of carbonyl (C=O) groups excluding carboxylic acids is 2. The van der Waals surface area contributed by atoms with Crippen LogP contribution in [0, 0.1) is 5.41 Å². The van der Waals surface area contributed by atoms with Crippen molar-refractivity contribution in [1.29, 1.82) is 0 Å². The van der Waals surface area contributed by atoms with E-state index in [-0.39, 0.29) is 23.9 Å². The van der Waals surface area contributed by atoms with Gasteiger partial charge in [-0.15, -0.1) is 0 Å². The van der Waals surface area contributed by atoms with Crippen LogP contribution < -0.4 is 16.8 Å². The lowest BCUT2D eigenvalue weighted by atomic mass is 10.1. The van der Waals surface area contributed by atoms with Gasteiger partial charge in [0.15, 0.2) is 0 Å².